The molecule has 0 saturated carbocycles. The molecule has 0 radical (unpaired) electrons. The van der Waals surface area contributed by atoms with Gasteiger partial charge in [0, 0.05) is 16.7 Å². The van der Waals surface area contributed by atoms with Gasteiger partial charge in [-0.05, 0) is 24.3 Å². The van der Waals surface area contributed by atoms with Crippen LogP contribution in [0.4, 0.5) is 4.39 Å². The predicted octanol–water partition coefficient (Wildman–Crippen LogP) is 1.99. The molecule has 3 N–H and O–H groups in total. The van der Waals surface area contributed by atoms with E-state index in [9.17, 15) is 14.0 Å². The zero-order valence-electron chi connectivity index (χ0n) is 9.06. The van der Waals surface area contributed by atoms with Crippen LogP contribution in [0.1, 0.15) is 5.56 Å². The number of ketones is 1. The Labute approximate surface area is 107 Å². The number of hydrogen-bond donors (Lipinski definition) is 2. The highest BCUT2D eigenvalue weighted by atomic mass is 35.5. The number of carboxylic acids is 1. The quantitative estimate of drug-likeness (QED) is 0.819. The van der Waals surface area contributed by atoms with E-state index in [0.717, 1.165) is 18.2 Å². The number of hydrogen-bond acceptors (Lipinski definition) is 3. The van der Waals surface area contributed by atoms with Crippen molar-refractivity contribution in [1.29, 1.82) is 0 Å². The number of rotatable bonds is 4. The number of benzene rings is 1. The smallest absolute Gasteiger partial charge is 0.351 e. The van der Waals surface area contributed by atoms with E-state index < -0.39 is 23.3 Å². The second-order valence-corrected chi connectivity index (χ2v) is 3.74. The Hall–Kier alpha value is -2.14. The zero-order valence-corrected chi connectivity index (χ0v) is 9.82. The summed E-state index contributed by atoms with van der Waals surface area (Å²) in [5, 5.41) is 8.69. The third-order valence-corrected chi connectivity index (χ3v) is 2.17. The first-order valence-electron chi connectivity index (χ1n) is 4.77. The Bertz CT molecular complexity index is 552. The van der Waals surface area contributed by atoms with Crippen molar-refractivity contribution in [2.24, 2.45) is 5.73 Å². The average Bonchev–Trinajstić information content (AvgIpc) is 2.27. The van der Waals surface area contributed by atoms with Crippen LogP contribution < -0.4 is 5.73 Å². The first kappa shape index (κ1) is 13.9. The molecule has 0 atom stereocenters. The fourth-order valence-electron chi connectivity index (χ4n) is 1.07. The molecule has 4 nitrogen and oxygen atoms in total. The van der Waals surface area contributed by atoms with Crippen LogP contribution in [0.15, 0.2) is 36.0 Å². The third kappa shape index (κ3) is 4.03. The van der Waals surface area contributed by atoms with Crippen LogP contribution in [0, 0.1) is 5.82 Å². The predicted molar refractivity (Wildman–Crippen MR) is 65.4 cm³/mol. The molecule has 0 saturated heterocycles. The van der Waals surface area contributed by atoms with E-state index in [1.165, 1.54) is 18.2 Å². The van der Waals surface area contributed by atoms with Crippen molar-refractivity contribution in [1.82, 2.24) is 0 Å². The van der Waals surface area contributed by atoms with Gasteiger partial charge in [0.15, 0.2) is 5.78 Å². The van der Waals surface area contributed by atoms with E-state index in [2.05, 4.69) is 0 Å². The number of halogens is 2. The number of allylic oxidation sites excluding steroid dienone is 2. The minimum absolute atomic E-state index is 0.162. The van der Waals surface area contributed by atoms with Crippen molar-refractivity contribution in [3.8, 4) is 0 Å². The molecular weight excluding hydrogens is 261 g/mol. The van der Waals surface area contributed by atoms with Crippen LogP contribution in [0.2, 0.25) is 5.02 Å². The highest BCUT2D eigenvalue weighted by molar-refractivity contribution is 6.30. The van der Waals surface area contributed by atoms with Gasteiger partial charge in [0.05, 0.1) is 0 Å². The molecule has 1 rings (SSSR count). The van der Waals surface area contributed by atoms with Gasteiger partial charge in [-0.2, -0.15) is 0 Å². The molecule has 0 aromatic heterocycles. The molecular formula is C12H9ClFNO3. The van der Waals surface area contributed by atoms with Gasteiger partial charge in [0.2, 0.25) is 0 Å². The standard InChI is InChI=1S/C12H9ClFNO3/c13-8-3-1-7(10(14)5-8)2-4-9(16)6-11(15)12(17)18/h1-6H,15H2,(H,17,18)/b4-2+,11-6-. The number of carboxylic acid groups (broad SMARTS) is 1. The van der Waals surface area contributed by atoms with Crippen LogP contribution in [-0.4, -0.2) is 16.9 Å². The lowest BCUT2D eigenvalue weighted by Crippen LogP contribution is -2.11. The SMILES string of the molecule is N/C(=C\C(=O)/C=C/c1ccc(Cl)cc1F)C(=O)O. The van der Waals surface area contributed by atoms with E-state index in [1.807, 2.05) is 0 Å². The maximum Gasteiger partial charge on any atom is 0.351 e. The second kappa shape index (κ2) is 5.97. The van der Waals surface area contributed by atoms with Gasteiger partial charge >= 0.3 is 5.97 Å². The molecule has 0 aliphatic carbocycles. The Kier molecular flexibility index (Phi) is 4.62. The number of aliphatic carboxylic acids is 1. The van der Waals surface area contributed by atoms with Crippen LogP contribution in [0.5, 0.6) is 0 Å². The first-order valence-corrected chi connectivity index (χ1v) is 5.15. The molecule has 0 fully saturated rings. The molecule has 0 aliphatic heterocycles. The molecule has 6 heteroatoms. The lowest BCUT2D eigenvalue weighted by molar-refractivity contribution is -0.133. The molecule has 18 heavy (non-hydrogen) atoms. The monoisotopic (exact) mass is 269 g/mol. The van der Waals surface area contributed by atoms with Crippen molar-refractivity contribution in [3.63, 3.8) is 0 Å². The summed E-state index contributed by atoms with van der Waals surface area (Å²) in [5.41, 5.74) is 4.63. The third-order valence-electron chi connectivity index (χ3n) is 1.93. The van der Waals surface area contributed by atoms with Crippen molar-refractivity contribution in [3.05, 3.63) is 52.5 Å². The Morgan fingerprint density at radius 1 is 1.39 bits per heavy atom. The molecule has 0 heterocycles. The van der Waals surface area contributed by atoms with Gasteiger partial charge in [-0.1, -0.05) is 17.7 Å². The largest absolute Gasteiger partial charge is 0.477 e. The number of carbonyl (C=O) groups excluding carboxylic acids is 1. The van der Waals surface area contributed by atoms with E-state index in [4.69, 9.17) is 22.4 Å². The van der Waals surface area contributed by atoms with Crippen molar-refractivity contribution < 1.29 is 19.1 Å². The normalized spacial score (nSPS) is 11.8. The molecule has 0 bridgehead atoms. The summed E-state index contributed by atoms with van der Waals surface area (Å²) < 4.78 is 13.3. The van der Waals surface area contributed by atoms with Gasteiger partial charge in [-0.25, -0.2) is 9.18 Å². The van der Waals surface area contributed by atoms with Crippen molar-refractivity contribution in [2.45, 2.75) is 0 Å². The summed E-state index contributed by atoms with van der Waals surface area (Å²) in [5.74, 6) is -2.62. The molecule has 1 aromatic rings. The fourth-order valence-corrected chi connectivity index (χ4v) is 1.23. The minimum atomic E-state index is -1.39. The Morgan fingerprint density at radius 2 is 2.06 bits per heavy atom. The van der Waals surface area contributed by atoms with E-state index in [-0.39, 0.29) is 10.6 Å². The van der Waals surface area contributed by atoms with Gasteiger partial charge < -0.3 is 10.8 Å². The topological polar surface area (TPSA) is 80.4 Å². The average molecular weight is 270 g/mol. The zero-order chi connectivity index (χ0) is 13.7. The van der Waals surface area contributed by atoms with Gasteiger partial charge in [-0.15, -0.1) is 0 Å². The summed E-state index contributed by atoms with van der Waals surface area (Å²) in [4.78, 5) is 21.6. The highest BCUT2D eigenvalue weighted by Gasteiger charge is 2.03. The lowest BCUT2D eigenvalue weighted by atomic mass is 10.1. The maximum atomic E-state index is 13.3. The van der Waals surface area contributed by atoms with Crippen LogP contribution >= 0.6 is 11.6 Å². The van der Waals surface area contributed by atoms with E-state index in [1.54, 1.807) is 0 Å². The number of carbonyl (C=O) groups is 2. The molecule has 0 amide bonds. The highest BCUT2D eigenvalue weighted by Crippen LogP contribution is 2.15. The van der Waals surface area contributed by atoms with Gasteiger partial charge in [0.25, 0.3) is 0 Å². The summed E-state index contributed by atoms with van der Waals surface area (Å²) in [6, 6.07) is 3.97. The van der Waals surface area contributed by atoms with Gasteiger partial charge in [-0.3, -0.25) is 4.79 Å². The summed E-state index contributed by atoms with van der Waals surface area (Å²) in [7, 11) is 0. The first-order chi connectivity index (χ1) is 8.40. The molecule has 94 valence electrons. The lowest BCUT2D eigenvalue weighted by Gasteiger charge is -1.96. The van der Waals surface area contributed by atoms with Crippen LogP contribution in [0.25, 0.3) is 6.08 Å². The minimum Gasteiger partial charge on any atom is -0.477 e. The summed E-state index contributed by atoms with van der Waals surface area (Å²) >= 11 is 5.56. The molecule has 0 spiro atoms. The Morgan fingerprint density at radius 3 is 2.61 bits per heavy atom. The number of nitrogens with two attached hydrogens (primary N) is 1. The van der Waals surface area contributed by atoms with Crippen LogP contribution in [0.3, 0.4) is 0 Å². The summed E-state index contributed by atoms with van der Waals surface area (Å²) in [6.45, 7) is 0. The molecule has 1 aromatic carbocycles. The summed E-state index contributed by atoms with van der Waals surface area (Å²) in [6.07, 6.45) is 2.97. The fraction of sp³-hybridized carbons (Fsp3) is 0. The van der Waals surface area contributed by atoms with E-state index >= 15 is 0 Å². The van der Waals surface area contributed by atoms with Gasteiger partial charge in [0.1, 0.15) is 11.5 Å². The molecule has 0 unspecified atom stereocenters. The Balaban J connectivity index is 2.84. The molecule has 0 aliphatic rings. The van der Waals surface area contributed by atoms with Crippen molar-refractivity contribution >= 4 is 29.4 Å². The maximum absolute atomic E-state index is 13.3. The van der Waals surface area contributed by atoms with Crippen molar-refractivity contribution in [2.75, 3.05) is 0 Å². The van der Waals surface area contributed by atoms with Crippen LogP contribution in [-0.2, 0) is 9.59 Å². The van der Waals surface area contributed by atoms with E-state index in [0.29, 0.717) is 0 Å². The second-order valence-electron chi connectivity index (χ2n) is 3.31.